The normalized spacial score (nSPS) is 17.0. The molecule has 0 amide bonds. The summed E-state index contributed by atoms with van der Waals surface area (Å²) in [7, 11) is 7.36. The van der Waals surface area contributed by atoms with E-state index in [1.165, 1.54) is 117 Å². The fraction of sp³-hybridized carbons (Fsp3) is 0.281. The summed E-state index contributed by atoms with van der Waals surface area (Å²) in [5, 5.41) is 0. The van der Waals surface area contributed by atoms with Crippen LogP contribution in [0.2, 0.25) is 0 Å². The zero-order valence-electron chi connectivity index (χ0n) is 46.8. The molecule has 11 rings (SSSR count). The number of halogens is 15. The molecule has 0 radical (unpaired) electrons. The summed E-state index contributed by atoms with van der Waals surface area (Å²) in [6.45, 7) is 17.6. The number of allylic oxidation sites excluding steroid dienone is 8. The van der Waals surface area contributed by atoms with Crippen molar-refractivity contribution in [3.05, 3.63) is 160 Å². The van der Waals surface area contributed by atoms with Crippen LogP contribution < -0.4 is 18.9 Å². The van der Waals surface area contributed by atoms with Gasteiger partial charge in [-0.3, -0.25) is 0 Å². The summed E-state index contributed by atoms with van der Waals surface area (Å²) < 4.78 is 193. The molecule has 31 heteroatoms. The first-order chi connectivity index (χ1) is 40.7. The number of rotatable bonds is 9. The van der Waals surface area contributed by atoms with Crippen LogP contribution >= 0.6 is 107 Å². The summed E-state index contributed by atoms with van der Waals surface area (Å²) in [6, 6.07) is 23.9. The minimum atomic E-state index is -6.06. The smallest absolute Gasteiger partial charge is 0.343 e. The van der Waals surface area contributed by atoms with Crippen LogP contribution in [0.5, 0.6) is 0 Å². The maximum atomic E-state index is 16.2. The van der Waals surface area contributed by atoms with Gasteiger partial charge in [0, 0.05) is 162 Å². The second-order valence-electron chi connectivity index (χ2n) is 18.9. The molecule has 0 nitrogen and oxygen atoms in total. The Balaban J connectivity index is 0.000000233. The van der Waals surface area contributed by atoms with Crippen LogP contribution in [-0.2, 0) is 66.8 Å². The summed E-state index contributed by atoms with van der Waals surface area (Å²) in [5.41, 5.74) is -0.311. The van der Waals surface area contributed by atoms with Crippen LogP contribution in [0.1, 0.15) is 73.5 Å². The van der Waals surface area contributed by atoms with Crippen LogP contribution in [-0.4, -0.2) is 35.5 Å². The van der Waals surface area contributed by atoms with E-state index in [0.717, 1.165) is 64.8 Å². The average Bonchev–Trinajstić information content (AvgIpc) is 1.59. The van der Waals surface area contributed by atoms with Crippen molar-refractivity contribution in [3.63, 3.8) is 0 Å². The van der Waals surface area contributed by atoms with Crippen molar-refractivity contribution in [1.29, 1.82) is 0 Å². The van der Waals surface area contributed by atoms with Crippen LogP contribution in [0, 0.1) is 41.5 Å². The molecule has 0 unspecified atom stereocenters. The number of aryl methyl sites for hydroxylation is 5. The van der Waals surface area contributed by atoms with Gasteiger partial charge in [-0.25, -0.2) is 8.78 Å². The van der Waals surface area contributed by atoms with Crippen molar-refractivity contribution in [3.8, 4) is 48.8 Å². The third-order valence-electron chi connectivity index (χ3n) is 12.6. The van der Waals surface area contributed by atoms with E-state index in [4.69, 9.17) is 0 Å². The molecule has 8 heterocycles. The number of hydrogen-bond acceptors (Lipinski definition) is 10. The quantitative estimate of drug-likeness (QED) is 0.0803. The van der Waals surface area contributed by atoms with Gasteiger partial charge in [-0.2, -0.15) is 59.1 Å². The van der Waals surface area contributed by atoms with Gasteiger partial charge in [-0.15, -0.1) is 90.7 Å². The summed E-state index contributed by atoms with van der Waals surface area (Å²) in [4.78, 5) is 13.5. The summed E-state index contributed by atoms with van der Waals surface area (Å²) >= 11 is 24.4. The predicted molar refractivity (Wildman–Crippen MR) is 365 cm³/mol. The molecule has 0 atom stereocenters. The number of unbranched alkanes of at least 4 members (excludes halogenated alkanes) is 1. The molecule has 3 aliphatic rings. The van der Waals surface area contributed by atoms with Crippen molar-refractivity contribution in [2.45, 2.75) is 103 Å². The van der Waals surface area contributed by atoms with Gasteiger partial charge < -0.3 is 6.92 Å². The fourth-order valence-corrected chi connectivity index (χ4v) is 25.7. The molecule has 0 N–H and O–H groups in total. The van der Waals surface area contributed by atoms with Crippen molar-refractivity contribution < 1.29 is 80.3 Å². The Morgan fingerprint density at radius 3 is 1.05 bits per heavy atom. The third kappa shape index (κ3) is 15.6. The van der Waals surface area contributed by atoms with Gasteiger partial charge in [0.15, 0.2) is 0 Å². The maximum Gasteiger partial charge on any atom is 1.00 e. The first-order valence-electron chi connectivity index (χ1n) is 25.0. The van der Waals surface area contributed by atoms with Crippen molar-refractivity contribution >= 4 is 190 Å². The summed E-state index contributed by atoms with van der Waals surface area (Å²) in [6.07, 6.45) is 7.83. The van der Waals surface area contributed by atoms with Gasteiger partial charge in [-0.1, -0.05) is 31.1 Å². The van der Waals surface area contributed by atoms with E-state index in [1.54, 1.807) is 50.9 Å². The number of hydrogen-bond donors (Lipinski definition) is 0. The molecule has 0 aromatic carbocycles. The van der Waals surface area contributed by atoms with E-state index < -0.39 is 58.3 Å². The Kier molecular flexibility index (Phi) is 26.3. The predicted octanol–water partition coefficient (Wildman–Crippen LogP) is 21.7. The zero-order chi connectivity index (χ0) is 64.4. The topological polar surface area (TPSA) is 0 Å². The van der Waals surface area contributed by atoms with Crippen molar-refractivity contribution in [2.24, 2.45) is 0 Å². The Morgan fingerprint density at radius 1 is 0.455 bits per heavy atom. The molecule has 8 aromatic heterocycles. The monoisotopic (exact) mass is 1560 g/mol. The second-order valence-corrected chi connectivity index (χ2v) is 38.2. The zero-order valence-corrected chi connectivity index (χ0v) is 60.6. The van der Waals surface area contributed by atoms with Crippen LogP contribution in [0.4, 0.5) is 61.5 Å². The van der Waals surface area contributed by atoms with E-state index in [2.05, 4.69) is 96.4 Å². The summed E-state index contributed by atoms with van der Waals surface area (Å²) in [5.74, 6) is -40.4. The SMILES string of the molecule is CC1=CC=C(c2sc(-c3ccc(C)s3)cc2Br)C1.Cc1ccc(-c2cc(C3=C(c4cc(-c5ccc(C)s5)sc4-c4ccc(C)s4)C(F)(F)C(F)(F)C3(F)F)c(-c3ccc(C)s3)s2)s1.FC1=C(F)C(F)(F)C(F)(F)C1(F)F.S=S=S=S=S=S=S.[CH2-]CCC.[Li+]. The van der Waals surface area contributed by atoms with Gasteiger partial charge in [0.2, 0.25) is 11.7 Å². The van der Waals surface area contributed by atoms with E-state index in [0.29, 0.717) is 19.5 Å². The molecule has 0 saturated heterocycles. The third-order valence-corrected chi connectivity index (χ3v) is 31.8. The van der Waals surface area contributed by atoms with Crippen LogP contribution in [0.25, 0.3) is 65.5 Å². The molecule has 0 fully saturated rings. The largest absolute Gasteiger partial charge is 1.00 e. The maximum absolute atomic E-state index is 16.2. The van der Waals surface area contributed by atoms with Gasteiger partial charge in [-0.05, 0) is 148 Å². The fourth-order valence-electron chi connectivity index (χ4n) is 8.32. The number of thiophene rings is 8. The Labute approximate surface area is 575 Å². The molecule has 0 bridgehead atoms. The molecular weight excluding hydrogens is 1520 g/mol. The first kappa shape index (κ1) is 75.2. The van der Waals surface area contributed by atoms with Crippen LogP contribution in [0.15, 0.2) is 113 Å². The first-order valence-corrected chi connectivity index (χ1v) is 40.3. The molecule has 468 valence electrons. The van der Waals surface area contributed by atoms with Gasteiger partial charge in [0.05, 0.1) is 9.75 Å². The van der Waals surface area contributed by atoms with E-state index in [9.17, 15) is 35.1 Å². The molecular formula is C57H44BrF14LiS15. The van der Waals surface area contributed by atoms with E-state index in [-0.39, 0.29) is 39.7 Å². The Bertz CT molecular complexity index is 3980. The molecule has 3 aliphatic carbocycles. The van der Waals surface area contributed by atoms with Gasteiger partial charge in [0.1, 0.15) is 0 Å². The number of alkyl halides is 12. The standard InChI is InChI=1S/C33H22F6S6.C15H13BrS2.C5F8.C4H9.Li.S7/c1-15-5-9-21(40-15)25-13-19(29(44-25)23-11-7-17(3)42-23)27-28(32(36,37)33(38,39)31(27,34)35)20-14-26(22-10-6-16(2)41-22)45-30(20)24-12-8-18(4)43-24;1-9-3-5-11(7-9)15-12(16)8-14(18-15)13-6-4-10(2)17-13;6-1-2(7)4(10,11)5(12,13)3(1,8)9;1-3-4-2;;1-3-5-7-6-4-2/h5-14H,1-4H3;3-6,8H,7H2,1-2H3;;1,3-4H2,2H3;;/q;;;-1;+1;. The molecule has 8 aromatic rings. The van der Waals surface area contributed by atoms with Gasteiger partial charge in [0.25, 0.3) is 0 Å². The molecule has 88 heavy (non-hydrogen) atoms. The minimum absolute atomic E-state index is 0. The van der Waals surface area contributed by atoms with Crippen LogP contribution in [0.3, 0.4) is 0 Å². The van der Waals surface area contributed by atoms with Crippen molar-refractivity contribution in [1.82, 2.24) is 0 Å². The Hall–Kier alpha value is -1.80. The van der Waals surface area contributed by atoms with E-state index >= 15 is 26.3 Å². The average molecular weight is 1560 g/mol. The molecule has 0 spiro atoms. The van der Waals surface area contributed by atoms with E-state index in [1.807, 2.05) is 74.6 Å². The van der Waals surface area contributed by atoms with Crippen molar-refractivity contribution in [2.75, 3.05) is 0 Å². The van der Waals surface area contributed by atoms with Gasteiger partial charge >= 0.3 is 54.4 Å². The second kappa shape index (κ2) is 30.7. The Morgan fingerprint density at radius 2 is 0.773 bits per heavy atom. The minimum Gasteiger partial charge on any atom is -0.343 e. The molecule has 0 saturated carbocycles. The molecule has 0 aliphatic heterocycles.